The quantitative estimate of drug-likeness (QED) is 0.600. The molecule has 1 aromatic rings. The van der Waals surface area contributed by atoms with Crippen LogP contribution in [0.5, 0.6) is 0 Å². The third kappa shape index (κ3) is 4.81. The van der Waals surface area contributed by atoms with Crippen molar-refractivity contribution in [3.05, 3.63) is 21.9 Å². The molecule has 1 rings (SSSR count). The van der Waals surface area contributed by atoms with Crippen LogP contribution in [0.1, 0.15) is 13.3 Å². The number of nitrogens with one attached hydrogen (secondary N) is 1. The minimum absolute atomic E-state index is 0.0325. The third-order valence-corrected chi connectivity index (χ3v) is 4.35. The van der Waals surface area contributed by atoms with E-state index in [0.717, 1.165) is 0 Å². The van der Waals surface area contributed by atoms with E-state index in [2.05, 4.69) is 25.6 Å². The molecule has 0 fully saturated rings. The van der Waals surface area contributed by atoms with Crippen molar-refractivity contribution in [2.75, 3.05) is 19.8 Å². The molecule has 0 spiro atoms. The molecule has 0 aromatic carbocycles. The Labute approximate surface area is 120 Å². The molecule has 0 aliphatic rings. The van der Waals surface area contributed by atoms with Crippen LogP contribution in [0.2, 0.25) is 5.15 Å². The summed E-state index contributed by atoms with van der Waals surface area (Å²) in [5.74, 6) is 0. The molecule has 0 saturated heterocycles. The Bertz CT molecular complexity index is 496. The molecule has 102 valence electrons. The minimum Gasteiger partial charge on any atom is -0.382 e. The predicted octanol–water partition coefficient (Wildman–Crippen LogP) is 2.20. The first kappa shape index (κ1) is 15.8. The number of aromatic nitrogens is 1. The molecule has 0 bridgehead atoms. The molecule has 8 heteroatoms. The molecule has 1 aromatic heterocycles. The van der Waals surface area contributed by atoms with Gasteiger partial charge in [0.05, 0.1) is 0 Å². The second kappa shape index (κ2) is 7.40. The van der Waals surface area contributed by atoms with Crippen LogP contribution < -0.4 is 4.72 Å². The van der Waals surface area contributed by atoms with Crippen molar-refractivity contribution in [1.82, 2.24) is 9.71 Å². The summed E-state index contributed by atoms with van der Waals surface area (Å²) in [7, 11) is -3.63. The van der Waals surface area contributed by atoms with E-state index in [9.17, 15) is 8.42 Å². The monoisotopic (exact) mass is 356 g/mol. The van der Waals surface area contributed by atoms with Crippen molar-refractivity contribution in [3.63, 3.8) is 0 Å². The smallest absolute Gasteiger partial charge is 0.243 e. The molecule has 0 aliphatic heterocycles. The molecule has 0 aliphatic carbocycles. The summed E-state index contributed by atoms with van der Waals surface area (Å²) in [6.07, 6.45) is 2.04. The first-order valence-electron chi connectivity index (χ1n) is 5.36. The van der Waals surface area contributed by atoms with Gasteiger partial charge in [0.1, 0.15) is 10.0 Å². The number of sulfonamides is 1. The Morgan fingerprint density at radius 3 is 2.94 bits per heavy atom. The number of hydrogen-bond acceptors (Lipinski definition) is 4. The van der Waals surface area contributed by atoms with Gasteiger partial charge in [0.25, 0.3) is 0 Å². The summed E-state index contributed by atoms with van der Waals surface area (Å²) in [4.78, 5) is 3.74. The highest BCUT2D eigenvalue weighted by Crippen LogP contribution is 2.22. The Hall–Kier alpha value is -0.210. The lowest BCUT2D eigenvalue weighted by Gasteiger charge is -2.08. The molecule has 0 radical (unpaired) electrons. The topological polar surface area (TPSA) is 68.3 Å². The van der Waals surface area contributed by atoms with Crippen LogP contribution in [-0.2, 0) is 14.8 Å². The molecule has 1 N–H and O–H groups in total. The van der Waals surface area contributed by atoms with Gasteiger partial charge < -0.3 is 4.74 Å². The Kier molecular flexibility index (Phi) is 6.51. The summed E-state index contributed by atoms with van der Waals surface area (Å²) in [5.41, 5.74) is 0. The van der Waals surface area contributed by atoms with E-state index in [1.54, 1.807) is 0 Å². The number of ether oxygens (including phenoxy) is 1. The summed E-state index contributed by atoms with van der Waals surface area (Å²) in [6, 6.07) is 1.42. The van der Waals surface area contributed by atoms with Crippen LogP contribution in [0.3, 0.4) is 0 Å². The highest BCUT2D eigenvalue weighted by atomic mass is 79.9. The lowest BCUT2D eigenvalue weighted by molar-refractivity contribution is 0.146. The zero-order chi connectivity index (χ0) is 13.6. The van der Waals surface area contributed by atoms with E-state index in [1.165, 1.54) is 12.3 Å². The minimum atomic E-state index is -3.63. The van der Waals surface area contributed by atoms with Gasteiger partial charge in [-0.05, 0) is 35.3 Å². The molecule has 1 heterocycles. The fourth-order valence-corrected chi connectivity index (χ4v) is 3.21. The standard InChI is InChI=1S/C10H14BrClN2O3S/c1-2-17-5-3-4-14-18(15,16)9-6-8(11)7-13-10(9)12/h6-7,14H,2-5H2,1H3. The first-order chi connectivity index (χ1) is 8.47. The molecule has 0 atom stereocenters. The predicted molar refractivity (Wildman–Crippen MR) is 73.2 cm³/mol. The molecule has 0 amide bonds. The van der Waals surface area contributed by atoms with Gasteiger partial charge in [-0.15, -0.1) is 0 Å². The van der Waals surface area contributed by atoms with Crippen LogP contribution in [0.25, 0.3) is 0 Å². The lowest BCUT2D eigenvalue weighted by Crippen LogP contribution is -2.26. The molecular weight excluding hydrogens is 344 g/mol. The van der Waals surface area contributed by atoms with Crippen molar-refractivity contribution in [2.45, 2.75) is 18.2 Å². The van der Waals surface area contributed by atoms with E-state index < -0.39 is 10.0 Å². The Morgan fingerprint density at radius 2 is 2.28 bits per heavy atom. The summed E-state index contributed by atoms with van der Waals surface area (Å²) < 4.78 is 32.0. The third-order valence-electron chi connectivity index (χ3n) is 2.02. The zero-order valence-electron chi connectivity index (χ0n) is 9.82. The van der Waals surface area contributed by atoms with Gasteiger partial charge in [-0.25, -0.2) is 18.1 Å². The SMILES string of the molecule is CCOCCCNS(=O)(=O)c1cc(Br)cnc1Cl. The number of pyridine rings is 1. The molecule has 0 saturated carbocycles. The van der Waals surface area contributed by atoms with E-state index in [4.69, 9.17) is 16.3 Å². The van der Waals surface area contributed by atoms with E-state index >= 15 is 0 Å². The number of rotatable bonds is 7. The highest BCUT2D eigenvalue weighted by Gasteiger charge is 2.18. The number of nitrogens with zero attached hydrogens (tertiary/aromatic N) is 1. The Balaban J connectivity index is 2.66. The van der Waals surface area contributed by atoms with E-state index in [-0.39, 0.29) is 10.0 Å². The summed E-state index contributed by atoms with van der Waals surface area (Å²) >= 11 is 8.93. The van der Waals surface area contributed by atoms with E-state index in [0.29, 0.717) is 30.7 Å². The zero-order valence-corrected chi connectivity index (χ0v) is 13.0. The second-order valence-corrected chi connectivity index (χ2v) is 6.40. The van der Waals surface area contributed by atoms with Crippen molar-refractivity contribution < 1.29 is 13.2 Å². The fraction of sp³-hybridized carbons (Fsp3) is 0.500. The van der Waals surface area contributed by atoms with Crippen molar-refractivity contribution in [3.8, 4) is 0 Å². The van der Waals surface area contributed by atoms with Gasteiger partial charge in [-0.1, -0.05) is 11.6 Å². The number of hydrogen-bond donors (Lipinski definition) is 1. The Morgan fingerprint density at radius 1 is 1.56 bits per heavy atom. The van der Waals surface area contributed by atoms with Gasteiger partial charge >= 0.3 is 0 Å². The second-order valence-electron chi connectivity index (χ2n) is 3.39. The average molecular weight is 358 g/mol. The van der Waals surface area contributed by atoms with Crippen molar-refractivity contribution >= 4 is 37.6 Å². The van der Waals surface area contributed by atoms with Gasteiger partial charge in [0.15, 0.2) is 0 Å². The maximum atomic E-state index is 11.9. The van der Waals surface area contributed by atoms with Crippen molar-refractivity contribution in [2.24, 2.45) is 0 Å². The van der Waals surface area contributed by atoms with Crippen LogP contribution in [0, 0.1) is 0 Å². The summed E-state index contributed by atoms with van der Waals surface area (Å²) in [6.45, 7) is 3.32. The first-order valence-corrected chi connectivity index (χ1v) is 8.01. The van der Waals surface area contributed by atoms with Gasteiger partial charge in [0.2, 0.25) is 10.0 Å². The van der Waals surface area contributed by atoms with Crippen LogP contribution in [0.15, 0.2) is 21.6 Å². The lowest BCUT2D eigenvalue weighted by atomic mass is 10.5. The van der Waals surface area contributed by atoms with Crippen LogP contribution in [0.4, 0.5) is 0 Å². The van der Waals surface area contributed by atoms with Crippen LogP contribution >= 0.6 is 27.5 Å². The van der Waals surface area contributed by atoms with Crippen LogP contribution in [-0.4, -0.2) is 33.2 Å². The van der Waals surface area contributed by atoms with Gasteiger partial charge in [-0.2, -0.15) is 0 Å². The molecule has 0 unspecified atom stereocenters. The van der Waals surface area contributed by atoms with E-state index in [1.807, 2.05) is 6.92 Å². The van der Waals surface area contributed by atoms with Crippen molar-refractivity contribution in [1.29, 1.82) is 0 Å². The average Bonchev–Trinajstić information content (AvgIpc) is 2.32. The maximum absolute atomic E-state index is 11.9. The largest absolute Gasteiger partial charge is 0.382 e. The molecule has 18 heavy (non-hydrogen) atoms. The van der Waals surface area contributed by atoms with Gasteiger partial charge in [0, 0.05) is 30.4 Å². The van der Waals surface area contributed by atoms with Gasteiger partial charge in [-0.3, -0.25) is 0 Å². The molecular formula is C10H14BrClN2O3S. The molecule has 5 nitrogen and oxygen atoms in total. The normalized spacial score (nSPS) is 11.7. The number of halogens is 2. The maximum Gasteiger partial charge on any atom is 0.243 e. The fourth-order valence-electron chi connectivity index (χ4n) is 1.20. The summed E-state index contributed by atoms with van der Waals surface area (Å²) in [5, 5.41) is -0.0458. The highest BCUT2D eigenvalue weighted by molar-refractivity contribution is 9.10.